The first-order chi connectivity index (χ1) is 14.1. The molecule has 0 spiro atoms. The number of carbonyl (C=O) groups is 1. The van der Waals surface area contributed by atoms with Crippen LogP contribution in [0.5, 0.6) is 0 Å². The van der Waals surface area contributed by atoms with Crippen LogP contribution in [-0.4, -0.2) is 47.0 Å². The summed E-state index contributed by atoms with van der Waals surface area (Å²) in [5.74, 6) is 1.72. The molecule has 1 aliphatic rings. The van der Waals surface area contributed by atoms with E-state index in [-0.39, 0.29) is 5.91 Å². The topological polar surface area (TPSA) is 61.4 Å². The largest absolute Gasteiger partial charge is 0.353 e. The van der Waals surface area contributed by atoms with Gasteiger partial charge in [0, 0.05) is 44.3 Å². The molecule has 4 rings (SSSR count). The van der Waals surface area contributed by atoms with Gasteiger partial charge < -0.3 is 15.1 Å². The zero-order valence-electron chi connectivity index (χ0n) is 16.8. The summed E-state index contributed by atoms with van der Waals surface area (Å²) in [5, 5.41) is 3.32. The number of hydrogen-bond donors (Lipinski definition) is 1. The van der Waals surface area contributed by atoms with E-state index in [9.17, 15) is 4.79 Å². The number of carbonyl (C=O) groups excluding carboxylic acids is 1. The van der Waals surface area contributed by atoms with Gasteiger partial charge in [0.2, 0.25) is 0 Å². The third kappa shape index (κ3) is 4.37. The fourth-order valence-electron chi connectivity index (χ4n) is 3.55. The normalized spacial score (nSPS) is 14.0. The Morgan fingerprint density at radius 1 is 0.966 bits per heavy atom. The predicted octanol–water partition coefficient (Wildman–Crippen LogP) is 3.80. The van der Waals surface area contributed by atoms with Gasteiger partial charge in [0.1, 0.15) is 11.6 Å². The Bertz CT molecular complexity index is 980. The number of aryl methyl sites for hydroxylation is 2. The molecule has 148 valence electrons. The number of aromatic nitrogens is 2. The number of hydrogen-bond acceptors (Lipinski definition) is 5. The number of pyridine rings is 2. The zero-order valence-corrected chi connectivity index (χ0v) is 16.8. The summed E-state index contributed by atoms with van der Waals surface area (Å²) < 4.78 is 0. The molecule has 3 heterocycles. The SMILES string of the molecule is Cc1ccc(Nc2ccc(C(=O)N3CCN(c4ccccn4)CC3)cn2)c(C)c1. The summed E-state index contributed by atoms with van der Waals surface area (Å²) in [6.07, 6.45) is 3.45. The molecule has 0 unspecified atom stereocenters. The Morgan fingerprint density at radius 3 is 2.45 bits per heavy atom. The van der Waals surface area contributed by atoms with Crippen molar-refractivity contribution in [2.75, 3.05) is 36.4 Å². The number of piperazine rings is 1. The van der Waals surface area contributed by atoms with Crippen LogP contribution < -0.4 is 10.2 Å². The number of amides is 1. The van der Waals surface area contributed by atoms with Gasteiger partial charge in [0.25, 0.3) is 5.91 Å². The summed E-state index contributed by atoms with van der Waals surface area (Å²) in [6.45, 7) is 7.06. The second-order valence-corrected chi connectivity index (χ2v) is 7.34. The number of rotatable bonds is 4. The zero-order chi connectivity index (χ0) is 20.2. The average molecular weight is 387 g/mol. The first-order valence-electron chi connectivity index (χ1n) is 9.86. The highest BCUT2D eigenvalue weighted by Crippen LogP contribution is 2.21. The Hall–Kier alpha value is -3.41. The Labute approximate surface area is 171 Å². The highest BCUT2D eigenvalue weighted by Gasteiger charge is 2.23. The van der Waals surface area contributed by atoms with E-state index in [1.807, 2.05) is 41.3 Å². The van der Waals surface area contributed by atoms with E-state index in [1.165, 1.54) is 5.56 Å². The predicted molar refractivity (Wildman–Crippen MR) is 116 cm³/mol. The van der Waals surface area contributed by atoms with Crippen LogP contribution in [0.3, 0.4) is 0 Å². The molecular formula is C23H25N5O. The lowest BCUT2D eigenvalue weighted by atomic mass is 10.1. The molecule has 0 atom stereocenters. The monoisotopic (exact) mass is 387 g/mol. The van der Waals surface area contributed by atoms with Crippen LogP contribution in [0.15, 0.2) is 60.9 Å². The highest BCUT2D eigenvalue weighted by molar-refractivity contribution is 5.94. The van der Waals surface area contributed by atoms with Crippen molar-refractivity contribution in [1.82, 2.24) is 14.9 Å². The average Bonchev–Trinajstić information content (AvgIpc) is 2.76. The van der Waals surface area contributed by atoms with Gasteiger partial charge in [0.15, 0.2) is 0 Å². The number of anilines is 3. The molecule has 0 bridgehead atoms. The minimum absolute atomic E-state index is 0.0243. The lowest BCUT2D eigenvalue weighted by molar-refractivity contribution is 0.0746. The van der Waals surface area contributed by atoms with Crippen molar-refractivity contribution in [2.45, 2.75) is 13.8 Å². The third-order valence-corrected chi connectivity index (χ3v) is 5.20. The minimum atomic E-state index is 0.0243. The molecule has 1 aromatic carbocycles. The van der Waals surface area contributed by atoms with Crippen molar-refractivity contribution in [3.63, 3.8) is 0 Å². The summed E-state index contributed by atoms with van der Waals surface area (Å²) in [5.41, 5.74) is 4.03. The van der Waals surface area contributed by atoms with E-state index in [4.69, 9.17) is 0 Å². The van der Waals surface area contributed by atoms with Gasteiger partial charge >= 0.3 is 0 Å². The van der Waals surface area contributed by atoms with Gasteiger partial charge in [-0.1, -0.05) is 23.8 Å². The Morgan fingerprint density at radius 2 is 1.79 bits per heavy atom. The molecule has 0 radical (unpaired) electrons. The smallest absolute Gasteiger partial charge is 0.255 e. The van der Waals surface area contributed by atoms with Crippen molar-refractivity contribution < 1.29 is 4.79 Å². The van der Waals surface area contributed by atoms with Crippen LogP contribution in [0.4, 0.5) is 17.3 Å². The van der Waals surface area contributed by atoms with E-state index < -0.39 is 0 Å². The maximum atomic E-state index is 12.8. The number of benzene rings is 1. The Balaban J connectivity index is 1.37. The molecule has 1 amide bonds. The standard InChI is InChI=1S/C23H25N5O/c1-17-6-8-20(18(2)15-17)26-21-9-7-19(16-25-21)23(29)28-13-11-27(12-14-28)22-5-3-4-10-24-22/h3-10,15-16H,11-14H2,1-2H3,(H,25,26). The fourth-order valence-corrected chi connectivity index (χ4v) is 3.55. The molecule has 0 aliphatic carbocycles. The van der Waals surface area contributed by atoms with Crippen LogP contribution in [0.25, 0.3) is 0 Å². The van der Waals surface area contributed by atoms with Crippen molar-refractivity contribution in [3.05, 3.63) is 77.6 Å². The lowest BCUT2D eigenvalue weighted by Crippen LogP contribution is -2.49. The van der Waals surface area contributed by atoms with Gasteiger partial charge in [-0.2, -0.15) is 0 Å². The molecule has 6 nitrogen and oxygen atoms in total. The van der Waals surface area contributed by atoms with E-state index in [0.29, 0.717) is 18.7 Å². The van der Waals surface area contributed by atoms with Gasteiger partial charge in [-0.3, -0.25) is 4.79 Å². The second-order valence-electron chi connectivity index (χ2n) is 7.34. The lowest BCUT2D eigenvalue weighted by Gasteiger charge is -2.35. The molecule has 1 saturated heterocycles. The summed E-state index contributed by atoms with van der Waals surface area (Å²) in [7, 11) is 0. The van der Waals surface area contributed by atoms with Crippen molar-refractivity contribution >= 4 is 23.2 Å². The van der Waals surface area contributed by atoms with E-state index in [2.05, 4.69) is 46.2 Å². The van der Waals surface area contributed by atoms with Crippen LogP contribution in [0.2, 0.25) is 0 Å². The summed E-state index contributed by atoms with van der Waals surface area (Å²) in [4.78, 5) is 25.8. The van der Waals surface area contributed by atoms with Gasteiger partial charge in [-0.05, 0) is 49.7 Å². The maximum absolute atomic E-state index is 12.8. The van der Waals surface area contributed by atoms with E-state index in [1.54, 1.807) is 12.4 Å². The molecule has 1 aliphatic heterocycles. The second kappa shape index (κ2) is 8.31. The molecule has 1 fully saturated rings. The highest BCUT2D eigenvalue weighted by atomic mass is 16.2. The first kappa shape index (κ1) is 18.9. The Kier molecular flexibility index (Phi) is 5.42. The van der Waals surface area contributed by atoms with Crippen molar-refractivity contribution in [3.8, 4) is 0 Å². The van der Waals surface area contributed by atoms with E-state index in [0.717, 1.165) is 36.0 Å². The van der Waals surface area contributed by atoms with Crippen molar-refractivity contribution in [1.29, 1.82) is 0 Å². The van der Waals surface area contributed by atoms with Crippen molar-refractivity contribution in [2.24, 2.45) is 0 Å². The summed E-state index contributed by atoms with van der Waals surface area (Å²) in [6, 6.07) is 15.8. The number of nitrogens with one attached hydrogen (secondary N) is 1. The van der Waals surface area contributed by atoms with Gasteiger partial charge in [0.05, 0.1) is 5.56 Å². The summed E-state index contributed by atoms with van der Waals surface area (Å²) >= 11 is 0. The number of nitrogens with zero attached hydrogens (tertiary/aromatic N) is 4. The quantitative estimate of drug-likeness (QED) is 0.738. The fraction of sp³-hybridized carbons (Fsp3) is 0.261. The molecule has 29 heavy (non-hydrogen) atoms. The third-order valence-electron chi connectivity index (χ3n) is 5.20. The molecular weight excluding hydrogens is 362 g/mol. The van der Waals surface area contributed by atoms with Crippen LogP contribution >= 0.6 is 0 Å². The molecule has 2 aromatic heterocycles. The van der Waals surface area contributed by atoms with Crippen LogP contribution in [-0.2, 0) is 0 Å². The van der Waals surface area contributed by atoms with Gasteiger partial charge in [-0.15, -0.1) is 0 Å². The molecule has 1 N–H and O–H groups in total. The minimum Gasteiger partial charge on any atom is -0.353 e. The van der Waals surface area contributed by atoms with Crippen LogP contribution in [0.1, 0.15) is 21.5 Å². The van der Waals surface area contributed by atoms with Gasteiger partial charge in [-0.25, -0.2) is 9.97 Å². The molecule has 0 saturated carbocycles. The molecule has 3 aromatic rings. The maximum Gasteiger partial charge on any atom is 0.255 e. The van der Waals surface area contributed by atoms with Crippen LogP contribution in [0, 0.1) is 13.8 Å². The van der Waals surface area contributed by atoms with E-state index >= 15 is 0 Å². The molecule has 6 heteroatoms. The first-order valence-corrected chi connectivity index (χ1v) is 9.86.